The molecule has 0 aliphatic heterocycles. The normalized spacial score (nSPS) is 14.6. The van der Waals surface area contributed by atoms with Crippen LogP contribution in [0.5, 0.6) is 46.0 Å². The fourth-order valence-electron chi connectivity index (χ4n) is 16.0. The number of aryl methyl sites for hydroxylation is 4. The number of pyridine rings is 4. The molecule has 2 saturated carbocycles. The largest absolute Gasteiger partial charge is 0.493 e. The Morgan fingerprint density at radius 3 is 0.840 bits per heavy atom. The van der Waals surface area contributed by atoms with E-state index in [1.807, 2.05) is 230 Å². The molecule has 0 spiro atoms. The molecule has 800 valence electrons. The summed E-state index contributed by atoms with van der Waals surface area (Å²) in [5, 5.41) is 60.3. The maximum atomic E-state index is 13.2. The second-order valence-electron chi connectivity index (χ2n) is 43.1. The number of benzene rings is 8. The SMILES string of the molecule is COc1cc(C(=O)CCC(C)(N)c2cc(C(C)(C)N)cc(-c3ccc(C)cc3)n2)ccc1OCCO.COc1ccc(C(=O)CCC(C)(O)c2cc(C(C)(C)N)cc(-c3ccc(C)cc3)n2)cc1OCC(C)O.Cc1ccc(-c2cc(C(C)(C)N)cc(C(C)(N)CCC(=O)c3ccc(OC4CC4)c(OCCO)c3)n2)cc1.Cc1ccc(-c2cc(C(C)(C)N)cc(C(C)(O)CCC(=O)c3ccc(OC4CC4)c(OCC(C)O)c3)n2)cc1. The maximum absolute atomic E-state index is 13.2. The van der Waals surface area contributed by atoms with Crippen LogP contribution in [0.2, 0.25) is 0 Å². The van der Waals surface area contributed by atoms with Crippen LogP contribution in [0.25, 0.3) is 45.0 Å². The molecule has 150 heavy (non-hydrogen) atoms. The van der Waals surface area contributed by atoms with Crippen LogP contribution in [0.4, 0.5) is 0 Å². The number of aliphatic hydroxyl groups is 6. The molecule has 6 unspecified atom stereocenters. The fraction of sp³-hybridized carbons (Fsp3) is 0.410. The number of ketones is 4. The molecule has 2 aliphatic carbocycles. The number of nitrogens with zero attached hydrogens (tertiary/aromatic N) is 4. The Balaban J connectivity index is 0.000000190. The van der Waals surface area contributed by atoms with E-state index >= 15 is 0 Å². The molecule has 14 rings (SSSR count). The zero-order valence-corrected chi connectivity index (χ0v) is 90.7. The topological polar surface area (TPSA) is 471 Å². The molecule has 28 nitrogen and oxygen atoms in total. The average Bonchev–Trinajstić information content (AvgIpc) is 0.856. The summed E-state index contributed by atoms with van der Waals surface area (Å²) >= 11 is 0. The van der Waals surface area contributed by atoms with Crippen molar-refractivity contribution in [3.8, 4) is 91.0 Å². The van der Waals surface area contributed by atoms with Gasteiger partial charge in [-0.2, -0.15) is 0 Å². The molecular weight excluding hydrogens is 1890 g/mol. The van der Waals surface area contributed by atoms with Crippen molar-refractivity contribution in [2.45, 2.75) is 271 Å². The van der Waals surface area contributed by atoms with Gasteiger partial charge >= 0.3 is 0 Å². The highest BCUT2D eigenvalue weighted by Gasteiger charge is 2.36. The summed E-state index contributed by atoms with van der Waals surface area (Å²) in [6.07, 6.45) is 4.83. The Labute approximate surface area is 883 Å². The van der Waals surface area contributed by atoms with Gasteiger partial charge in [-0.25, -0.2) is 9.97 Å². The van der Waals surface area contributed by atoms with Crippen LogP contribution in [-0.4, -0.2) is 152 Å². The van der Waals surface area contributed by atoms with Gasteiger partial charge in [0.05, 0.1) is 108 Å². The molecule has 0 amide bonds. The van der Waals surface area contributed by atoms with E-state index in [2.05, 4.69) is 12.1 Å². The Morgan fingerprint density at radius 1 is 0.320 bits per heavy atom. The van der Waals surface area contributed by atoms with Crippen LogP contribution >= 0.6 is 0 Å². The van der Waals surface area contributed by atoms with Gasteiger partial charge in [-0.15, -0.1) is 0 Å². The van der Waals surface area contributed by atoms with Crippen molar-refractivity contribution in [3.05, 3.63) is 308 Å². The summed E-state index contributed by atoms with van der Waals surface area (Å²) in [6, 6.07) is 68.1. The molecule has 0 saturated heterocycles. The Morgan fingerprint density at radius 2 is 0.567 bits per heavy atom. The molecule has 0 bridgehead atoms. The van der Waals surface area contributed by atoms with E-state index in [4.69, 9.17) is 97.3 Å². The molecule has 2 fully saturated rings. The summed E-state index contributed by atoms with van der Waals surface area (Å²) in [5.41, 5.74) is 51.7. The quantitative estimate of drug-likeness (QED) is 0.0158. The van der Waals surface area contributed by atoms with Gasteiger partial charge in [0, 0.05) is 92.3 Å². The first kappa shape index (κ1) is 117. The number of Topliss-reactive ketones (excluding diaryl/α,β-unsaturated/α-hetero) is 4. The van der Waals surface area contributed by atoms with Crippen molar-refractivity contribution in [1.29, 1.82) is 0 Å². The Kier molecular flexibility index (Phi) is 39.6. The number of carbonyl (C=O) groups is 4. The lowest BCUT2D eigenvalue weighted by molar-refractivity contribution is 0.0395. The van der Waals surface area contributed by atoms with Crippen molar-refractivity contribution < 1.29 is 87.7 Å². The van der Waals surface area contributed by atoms with E-state index in [0.717, 1.165) is 98.4 Å². The number of nitrogens with two attached hydrogens (primary N) is 6. The molecule has 4 heterocycles. The van der Waals surface area contributed by atoms with E-state index in [0.29, 0.717) is 110 Å². The third-order valence-electron chi connectivity index (χ3n) is 26.2. The van der Waals surface area contributed by atoms with E-state index in [1.54, 1.807) is 100 Å². The van der Waals surface area contributed by atoms with Gasteiger partial charge in [0.1, 0.15) is 37.6 Å². The summed E-state index contributed by atoms with van der Waals surface area (Å²) in [6.45, 7) is 34.2. The highest BCUT2D eigenvalue weighted by atomic mass is 16.5. The highest BCUT2D eigenvalue weighted by Crippen LogP contribution is 2.43. The zero-order chi connectivity index (χ0) is 110. The predicted molar refractivity (Wildman–Crippen MR) is 589 cm³/mol. The third kappa shape index (κ3) is 34.0. The number of carbonyl (C=O) groups excluding carboxylic acids is 4. The lowest BCUT2D eigenvalue weighted by Crippen LogP contribution is -2.36. The maximum Gasteiger partial charge on any atom is 0.163 e. The fourth-order valence-corrected chi connectivity index (χ4v) is 16.0. The molecule has 12 aromatic rings. The van der Waals surface area contributed by atoms with Gasteiger partial charge in [0.15, 0.2) is 69.1 Å². The minimum absolute atomic E-state index is 0.0532. The van der Waals surface area contributed by atoms with E-state index in [-0.39, 0.29) is 114 Å². The van der Waals surface area contributed by atoms with Gasteiger partial charge in [-0.3, -0.25) is 29.1 Å². The number of methoxy groups -OCH3 is 2. The van der Waals surface area contributed by atoms with E-state index in [9.17, 15) is 44.7 Å². The predicted octanol–water partition coefficient (Wildman–Crippen LogP) is 19.8. The molecule has 8 aromatic carbocycles. The van der Waals surface area contributed by atoms with Crippen molar-refractivity contribution in [2.75, 3.05) is 53.9 Å². The van der Waals surface area contributed by atoms with Crippen LogP contribution in [0.15, 0.2) is 218 Å². The van der Waals surface area contributed by atoms with Crippen LogP contribution in [-0.2, 0) is 44.4 Å². The smallest absolute Gasteiger partial charge is 0.163 e. The van der Waals surface area contributed by atoms with Crippen LogP contribution < -0.4 is 72.3 Å². The number of aromatic nitrogens is 4. The van der Waals surface area contributed by atoms with Crippen molar-refractivity contribution in [2.24, 2.45) is 34.4 Å². The minimum Gasteiger partial charge on any atom is -0.493 e. The molecule has 4 aromatic heterocycles. The summed E-state index contributed by atoms with van der Waals surface area (Å²) in [7, 11) is 3.02. The lowest BCUT2D eigenvalue weighted by atomic mass is 9.86. The van der Waals surface area contributed by atoms with Gasteiger partial charge in [-0.05, 0) is 320 Å². The van der Waals surface area contributed by atoms with Gasteiger partial charge < -0.3 is 103 Å². The number of hydrogen-bond donors (Lipinski definition) is 12. The average molecular weight is 2050 g/mol. The molecule has 28 heteroatoms. The standard InChI is InChI=1S/C32H40N2O5.C31H39N3O4.C30H38N2O5.C29H37N3O4/c1-20-6-8-22(9-7-20)26-17-24(31(3,4)33)18-30(34-26)32(5,37)15-14-27(36)23-10-13-28(39-25-11-12-25)29(16-23)38-19-21(2)35;1-20-5-7-21(8-6-20)25-18-23(30(2,3)32)19-29(34-25)31(4,33)14-13-26(36)22-9-12-27(38-24-10-11-24)28(17-22)37-16-15-35;1-19-7-9-21(10-8-19)24-16-23(29(3,4)31)17-28(32-24)30(5,35)14-13-25(34)22-11-12-26(36-6)27(15-22)37-18-20(2)33;1-19-6-8-20(9-7-19)23-17-22(28(2,3)30)18-27(32-23)29(4,31)13-12-24(34)21-10-11-25(36-15-14-33)26(16-21)35-5/h6-10,13,16-18,21,25,35,37H,11-12,14-15,19,33H2,1-5H3;5-9,12,17-19,24,35H,10-11,13-16,32-33H2,1-4H3;7-12,15-17,20,33,35H,13-14,18,31H2,1-6H3;6-11,16-18,33H,12-15,30-31H2,1-5H3. The first-order valence-electron chi connectivity index (χ1n) is 51.3. The monoisotopic (exact) mass is 2050 g/mol. The van der Waals surface area contributed by atoms with Crippen molar-refractivity contribution in [1.82, 2.24) is 19.9 Å². The molecule has 18 N–H and O–H groups in total. The van der Waals surface area contributed by atoms with Crippen molar-refractivity contribution >= 4 is 23.1 Å². The molecule has 2 aliphatic rings. The van der Waals surface area contributed by atoms with Gasteiger partial charge in [-0.1, -0.05) is 119 Å². The Bertz CT molecular complexity index is 6590. The van der Waals surface area contributed by atoms with Crippen LogP contribution in [0.3, 0.4) is 0 Å². The van der Waals surface area contributed by atoms with E-state index in [1.165, 1.54) is 25.3 Å². The zero-order valence-electron chi connectivity index (χ0n) is 90.7. The van der Waals surface area contributed by atoms with Crippen LogP contribution in [0.1, 0.15) is 283 Å². The third-order valence-corrected chi connectivity index (χ3v) is 26.2. The summed E-state index contributed by atoms with van der Waals surface area (Å²) < 4.78 is 44.9. The first-order chi connectivity index (χ1) is 70.5. The number of rotatable bonds is 46. The Hall–Kier alpha value is -13.0. The van der Waals surface area contributed by atoms with Gasteiger partial charge in [0.25, 0.3) is 0 Å². The molecule has 0 radical (unpaired) electrons. The molecular formula is C122H154N10O18. The number of ether oxygens (including phenoxy) is 8. The molecule has 6 atom stereocenters. The van der Waals surface area contributed by atoms with Crippen molar-refractivity contribution in [3.63, 3.8) is 0 Å². The lowest BCUT2D eigenvalue weighted by Gasteiger charge is -2.28. The highest BCUT2D eigenvalue weighted by molar-refractivity contribution is 5.99. The summed E-state index contributed by atoms with van der Waals surface area (Å²) in [4.78, 5) is 71.9. The second-order valence-corrected chi connectivity index (χ2v) is 43.1. The first-order valence-corrected chi connectivity index (χ1v) is 51.3. The minimum atomic E-state index is -1.37. The van der Waals surface area contributed by atoms with Crippen LogP contribution in [0, 0.1) is 27.7 Å². The summed E-state index contributed by atoms with van der Waals surface area (Å²) in [5.74, 6) is 3.41. The second kappa shape index (κ2) is 50.7. The van der Waals surface area contributed by atoms with E-state index < -0.39 is 56.6 Å². The number of hydrogen-bond acceptors (Lipinski definition) is 28. The number of aliphatic hydroxyl groups excluding tert-OH is 4. The van der Waals surface area contributed by atoms with Gasteiger partial charge in [0.2, 0.25) is 0 Å².